The van der Waals surface area contributed by atoms with Crippen molar-refractivity contribution in [1.82, 2.24) is 5.43 Å². The predicted molar refractivity (Wildman–Crippen MR) is 120 cm³/mol. The highest BCUT2D eigenvalue weighted by atomic mass is 35.5. The molecular weight excluding hydrogens is 464 g/mol. The van der Waals surface area contributed by atoms with Gasteiger partial charge in [-0.2, -0.15) is 5.10 Å². The van der Waals surface area contributed by atoms with Crippen LogP contribution in [0.3, 0.4) is 0 Å². The van der Waals surface area contributed by atoms with Gasteiger partial charge in [0.05, 0.1) is 26.8 Å². The highest BCUT2D eigenvalue weighted by Gasteiger charge is 2.27. The van der Waals surface area contributed by atoms with Gasteiger partial charge in [-0.1, -0.05) is 59.6 Å². The van der Waals surface area contributed by atoms with Gasteiger partial charge in [-0.15, -0.1) is 0 Å². The molecule has 0 radical (unpaired) electrons. The van der Waals surface area contributed by atoms with Crippen LogP contribution in [0.5, 0.6) is 0 Å². The minimum atomic E-state index is -4.10. The van der Waals surface area contributed by atoms with Gasteiger partial charge < -0.3 is 0 Å². The van der Waals surface area contributed by atoms with Crippen LogP contribution in [-0.4, -0.2) is 27.1 Å². The number of benzene rings is 3. The Kier molecular flexibility index (Phi) is 7.27. The average Bonchev–Trinajstić information content (AvgIpc) is 2.76. The molecular formula is C21H16Cl2FN3O3S. The lowest BCUT2D eigenvalue weighted by molar-refractivity contribution is -0.119. The Hall–Kier alpha value is -2.94. The van der Waals surface area contributed by atoms with Crippen molar-refractivity contribution < 1.29 is 17.6 Å². The van der Waals surface area contributed by atoms with E-state index < -0.39 is 28.3 Å². The van der Waals surface area contributed by atoms with E-state index in [-0.39, 0.29) is 26.2 Å². The number of carbonyl (C=O) groups excluding carboxylic acids is 1. The summed E-state index contributed by atoms with van der Waals surface area (Å²) in [5, 5.41) is 4.07. The smallest absolute Gasteiger partial charge is 0.264 e. The molecule has 0 spiro atoms. The van der Waals surface area contributed by atoms with E-state index in [2.05, 4.69) is 10.5 Å². The summed E-state index contributed by atoms with van der Waals surface area (Å²) >= 11 is 12.0. The quantitative estimate of drug-likeness (QED) is 0.400. The molecule has 160 valence electrons. The maximum absolute atomic E-state index is 13.6. The Morgan fingerprint density at radius 1 is 1.00 bits per heavy atom. The molecule has 0 saturated carbocycles. The molecule has 1 amide bonds. The number of nitrogens with one attached hydrogen (secondary N) is 1. The zero-order valence-electron chi connectivity index (χ0n) is 15.9. The maximum atomic E-state index is 13.6. The predicted octanol–water partition coefficient (Wildman–Crippen LogP) is 4.48. The number of sulfonamides is 1. The van der Waals surface area contributed by atoms with Crippen LogP contribution < -0.4 is 9.73 Å². The molecule has 0 heterocycles. The van der Waals surface area contributed by atoms with Crippen LogP contribution in [0.2, 0.25) is 10.0 Å². The number of halogens is 3. The molecule has 0 atom stereocenters. The van der Waals surface area contributed by atoms with Gasteiger partial charge in [-0.05, 0) is 36.4 Å². The summed E-state index contributed by atoms with van der Waals surface area (Å²) in [5.41, 5.74) is 2.52. The largest absolute Gasteiger partial charge is 0.271 e. The fraction of sp³-hybridized carbons (Fsp3) is 0.0476. The Labute approximate surface area is 189 Å². The summed E-state index contributed by atoms with van der Waals surface area (Å²) in [5.74, 6) is -1.25. The molecule has 0 aromatic heterocycles. The van der Waals surface area contributed by atoms with Crippen molar-refractivity contribution in [2.24, 2.45) is 5.10 Å². The fourth-order valence-corrected chi connectivity index (χ4v) is 4.32. The van der Waals surface area contributed by atoms with Gasteiger partial charge in [-0.3, -0.25) is 9.10 Å². The van der Waals surface area contributed by atoms with Gasteiger partial charge in [0.15, 0.2) is 0 Å². The van der Waals surface area contributed by atoms with E-state index in [0.717, 1.165) is 10.5 Å². The number of amides is 1. The number of hydrazone groups is 1. The van der Waals surface area contributed by atoms with E-state index in [4.69, 9.17) is 23.2 Å². The van der Waals surface area contributed by atoms with Gasteiger partial charge in [-0.25, -0.2) is 18.2 Å². The lowest BCUT2D eigenvalue weighted by atomic mass is 10.2. The summed E-state index contributed by atoms with van der Waals surface area (Å²) < 4.78 is 40.9. The number of hydrogen-bond donors (Lipinski definition) is 1. The third-order valence-corrected chi connectivity index (χ3v) is 6.63. The van der Waals surface area contributed by atoms with Crippen molar-refractivity contribution >= 4 is 51.0 Å². The molecule has 0 aliphatic carbocycles. The second-order valence-electron chi connectivity index (χ2n) is 6.24. The highest BCUT2D eigenvalue weighted by Crippen LogP contribution is 2.30. The summed E-state index contributed by atoms with van der Waals surface area (Å²) in [4.78, 5) is 12.4. The number of hydrogen-bond acceptors (Lipinski definition) is 4. The zero-order chi connectivity index (χ0) is 22.4. The van der Waals surface area contributed by atoms with Crippen LogP contribution in [-0.2, 0) is 14.8 Å². The summed E-state index contributed by atoms with van der Waals surface area (Å²) in [7, 11) is -4.10. The molecule has 1 N–H and O–H groups in total. The molecule has 3 rings (SSSR count). The fourth-order valence-electron chi connectivity index (χ4n) is 2.59. The third kappa shape index (κ3) is 5.61. The first-order valence-corrected chi connectivity index (χ1v) is 11.1. The molecule has 0 bridgehead atoms. The van der Waals surface area contributed by atoms with E-state index in [9.17, 15) is 17.6 Å². The van der Waals surface area contributed by atoms with E-state index in [1.54, 1.807) is 24.3 Å². The number of rotatable bonds is 7. The van der Waals surface area contributed by atoms with Crippen LogP contribution in [0, 0.1) is 5.82 Å². The van der Waals surface area contributed by atoms with Crippen LogP contribution >= 0.6 is 23.2 Å². The van der Waals surface area contributed by atoms with E-state index in [0.29, 0.717) is 0 Å². The van der Waals surface area contributed by atoms with Crippen molar-refractivity contribution in [3.63, 3.8) is 0 Å². The lowest BCUT2D eigenvalue weighted by Crippen LogP contribution is -2.39. The van der Waals surface area contributed by atoms with Gasteiger partial charge in [0.1, 0.15) is 12.4 Å². The van der Waals surface area contributed by atoms with E-state index in [1.807, 2.05) is 0 Å². The monoisotopic (exact) mass is 479 g/mol. The molecule has 6 nitrogen and oxygen atoms in total. The van der Waals surface area contributed by atoms with Gasteiger partial charge >= 0.3 is 0 Å². The first kappa shape index (κ1) is 22.7. The maximum Gasteiger partial charge on any atom is 0.264 e. The Morgan fingerprint density at radius 3 is 2.35 bits per heavy atom. The third-order valence-electron chi connectivity index (χ3n) is 4.11. The Morgan fingerprint density at radius 2 is 1.68 bits per heavy atom. The molecule has 10 heteroatoms. The molecule has 0 aliphatic rings. The first-order valence-electron chi connectivity index (χ1n) is 8.88. The molecule has 0 unspecified atom stereocenters. The van der Waals surface area contributed by atoms with Crippen molar-refractivity contribution in [2.75, 3.05) is 10.8 Å². The topological polar surface area (TPSA) is 78.8 Å². The van der Waals surface area contributed by atoms with Crippen LogP contribution in [0.1, 0.15) is 5.56 Å². The van der Waals surface area contributed by atoms with E-state index >= 15 is 0 Å². The zero-order valence-corrected chi connectivity index (χ0v) is 18.2. The molecule has 31 heavy (non-hydrogen) atoms. The second-order valence-corrected chi connectivity index (χ2v) is 8.91. The van der Waals surface area contributed by atoms with Gasteiger partial charge in [0.25, 0.3) is 15.9 Å². The first-order chi connectivity index (χ1) is 14.8. The van der Waals surface area contributed by atoms with Gasteiger partial charge in [0, 0.05) is 5.56 Å². The lowest BCUT2D eigenvalue weighted by Gasteiger charge is -2.24. The minimum absolute atomic E-state index is 0.0104. The SMILES string of the molecule is O=C(CN(c1ccc(Cl)c(Cl)c1)S(=O)(=O)c1ccccc1)N/N=C/c1ccccc1F. The van der Waals surface area contributed by atoms with Crippen molar-refractivity contribution in [1.29, 1.82) is 0 Å². The standard InChI is InChI=1S/C21H16Cl2FN3O3S/c22-18-11-10-16(12-19(18)23)27(31(29,30)17-7-2-1-3-8-17)14-21(28)26-25-13-15-6-4-5-9-20(15)24/h1-13H,14H2,(H,26,28)/b25-13+. The van der Waals surface area contributed by atoms with E-state index in [1.165, 1.54) is 48.5 Å². The van der Waals surface area contributed by atoms with Gasteiger partial charge in [0.2, 0.25) is 0 Å². The van der Waals surface area contributed by atoms with Crippen molar-refractivity contribution in [3.8, 4) is 0 Å². The molecule has 3 aromatic carbocycles. The molecule has 0 saturated heterocycles. The summed E-state index contributed by atoms with van der Waals surface area (Å²) in [6.45, 7) is -0.593. The normalized spacial score (nSPS) is 11.5. The molecule has 3 aromatic rings. The average molecular weight is 480 g/mol. The summed E-state index contributed by atoms with van der Waals surface area (Å²) in [6.07, 6.45) is 1.13. The Balaban J connectivity index is 1.87. The molecule has 0 aliphatic heterocycles. The summed E-state index contributed by atoms with van der Waals surface area (Å²) in [6, 6.07) is 17.7. The number of carbonyl (C=O) groups is 1. The highest BCUT2D eigenvalue weighted by molar-refractivity contribution is 7.92. The van der Waals surface area contributed by atoms with Crippen LogP contribution in [0.4, 0.5) is 10.1 Å². The minimum Gasteiger partial charge on any atom is -0.271 e. The number of nitrogens with zero attached hydrogens (tertiary/aromatic N) is 2. The number of anilines is 1. The second kappa shape index (κ2) is 9.91. The van der Waals surface area contributed by atoms with Crippen LogP contribution in [0.25, 0.3) is 0 Å². The molecule has 0 fully saturated rings. The van der Waals surface area contributed by atoms with Crippen molar-refractivity contribution in [3.05, 3.63) is 94.2 Å². The van der Waals surface area contributed by atoms with Crippen LogP contribution in [0.15, 0.2) is 82.8 Å². The Bertz CT molecular complexity index is 1220. The van der Waals surface area contributed by atoms with Crippen molar-refractivity contribution in [2.45, 2.75) is 4.90 Å².